The Labute approximate surface area is 195 Å². The number of nitrogens with one attached hydrogen (secondary N) is 1. The van der Waals surface area contributed by atoms with E-state index in [4.69, 9.17) is 4.74 Å². The molecular formula is C22H21F3N2O5S2. The van der Waals surface area contributed by atoms with Crippen LogP contribution >= 0.6 is 0 Å². The van der Waals surface area contributed by atoms with Crippen molar-refractivity contribution in [2.45, 2.75) is 22.9 Å². The van der Waals surface area contributed by atoms with Gasteiger partial charge in [-0.15, -0.1) is 0 Å². The van der Waals surface area contributed by atoms with E-state index in [1.807, 2.05) is 4.72 Å². The molecule has 0 aromatic heterocycles. The van der Waals surface area contributed by atoms with Crippen molar-refractivity contribution in [3.63, 3.8) is 0 Å². The van der Waals surface area contributed by atoms with E-state index in [0.29, 0.717) is 11.8 Å². The number of halogens is 3. The van der Waals surface area contributed by atoms with E-state index >= 15 is 0 Å². The number of benzene rings is 3. The van der Waals surface area contributed by atoms with E-state index in [2.05, 4.69) is 0 Å². The highest BCUT2D eigenvalue weighted by Crippen LogP contribution is 2.36. The van der Waals surface area contributed by atoms with Gasteiger partial charge in [0.05, 0.1) is 33.8 Å². The average molecular weight is 515 g/mol. The van der Waals surface area contributed by atoms with Gasteiger partial charge >= 0.3 is 6.18 Å². The largest absolute Gasteiger partial charge is 0.495 e. The molecule has 0 fully saturated rings. The van der Waals surface area contributed by atoms with Crippen LogP contribution in [0.2, 0.25) is 0 Å². The Morgan fingerprint density at radius 3 is 2.12 bits per heavy atom. The normalized spacial score (nSPS) is 12.3. The lowest BCUT2D eigenvalue weighted by molar-refractivity contribution is -0.139. The SMILES string of the molecule is CCN(c1ccccc1)S(=O)(=O)c1ccc(OC)c(NS(=O)(=O)c2ccccc2C(F)(F)F)c1. The summed E-state index contributed by atoms with van der Waals surface area (Å²) in [5.74, 6) is -0.0743. The smallest absolute Gasteiger partial charge is 0.417 e. The highest BCUT2D eigenvalue weighted by Gasteiger charge is 2.37. The molecule has 0 aliphatic heterocycles. The molecular weight excluding hydrogens is 493 g/mol. The molecule has 0 saturated heterocycles. The molecule has 0 heterocycles. The second-order valence-corrected chi connectivity index (χ2v) is 10.5. The van der Waals surface area contributed by atoms with Crippen LogP contribution in [-0.4, -0.2) is 30.5 Å². The van der Waals surface area contributed by atoms with Crippen molar-refractivity contribution in [1.82, 2.24) is 0 Å². The zero-order chi connectivity index (χ0) is 25.1. The molecule has 0 unspecified atom stereocenters. The molecule has 0 spiro atoms. The minimum atomic E-state index is -4.92. The fourth-order valence-corrected chi connectivity index (χ4v) is 6.07. The monoisotopic (exact) mass is 514 g/mol. The molecule has 0 bridgehead atoms. The lowest BCUT2D eigenvalue weighted by atomic mass is 10.2. The van der Waals surface area contributed by atoms with Crippen LogP contribution in [0.4, 0.5) is 24.5 Å². The first-order valence-electron chi connectivity index (χ1n) is 9.86. The van der Waals surface area contributed by atoms with Crippen LogP contribution in [0, 0.1) is 0 Å². The molecule has 0 amide bonds. The number of rotatable bonds is 8. The van der Waals surface area contributed by atoms with Crippen molar-refractivity contribution in [2.24, 2.45) is 0 Å². The number of nitrogens with zero attached hydrogens (tertiary/aromatic N) is 1. The molecule has 12 heteroatoms. The maximum atomic E-state index is 13.4. The third kappa shape index (κ3) is 5.12. The van der Waals surface area contributed by atoms with Gasteiger partial charge in [-0.25, -0.2) is 16.8 Å². The number of alkyl halides is 3. The molecule has 3 rings (SSSR count). The number of anilines is 2. The van der Waals surface area contributed by atoms with Crippen LogP contribution in [0.3, 0.4) is 0 Å². The minimum absolute atomic E-state index is 0.0743. The van der Waals surface area contributed by atoms with Crippen molar-refractivity contribution in [1.29, 1.82) is 0 Å². The lowest BCUT2D eigenvalue weighted by Gasteiger charge is -2.23. The van der Waals surface area contributed by atoms with E-state index < -0.39 is 36.7 Å². The molecule has 0 aliphatic carbocycles. The number of sulfonamides is 2. The summed E-state index contributed by atoms with van der Waals surface area (Å²) < 4.78 is 101. The number of ether oxygens (including phenoxy) is 1. The lowest BCUT2D eigenvalue weighted by Crippen LogP contribution is -2.30. The van der Waals surface area contributed by atoms with Gasteiger partial charge in [0.15, 0.2) is 0 Å². The predicted octanol–water partition coefficient (Wildman–Crippen LogP) is 4.73. The van der Waals surface area contributed by atoms with Crippen LogP contribution in [0.1, 0.15) is 12.5 Å². The molecule has 34 heavy (non-hydrogen) atoms. The standard InChI is InChI=1S/C22H21F3N2O5S2/c1-3-27(16-9-5-4-6-10-16)34(30,31)17-13-14-20(32-2)19(15-17)26-33(28,29)21-12-8-7-11-18(21)22(23,24)25/h4-15,26H,3H2,1-2H3. The van der Waals surface area contributed by atoms with Gasteiger partial charge in [-0.2, -0.15) is 13.2 Å². The highest BCUT2D eigenvalue weighted by atomic mass is 32.2. The fourth-order valence-electron chi connectivity index (χ4n) is 3.28. The molecule has 3 aromatic rings. The van der Waals surface area contributed by atoms with Gasteiger partial charge < -0.3 is 4.74 Å². The Hall–Kier alpha value is -3.25. The molecule has 0 saturated carbocycles. The second kappa shape index (κ2) is 9.55. The summed E-state index contributed by atoms with van der Waals surface area (Å²) in [5.41, 5.74) is -1.29. The van der Waals surface area contributed by atoms with Gasteiger partial charge in [-0.05, 0) is 49.4 Å². The quantitative estimate of drug-likeness (QED) is 0.469. The van der Waals surface area contributed by atoms with Crippen LogP contribution in [-0.2, 0) is 26.2 Å². The Kier molecular flexibility index (Phi) is 7.13. The number of para-hydroxylation sites is 1. The van der Waals surface area contributed by atoms with Gasteiger partial charge in [0.25, 0.3) is 20.0 Å². The van der Waals surface area contributed by atoms with E-state index in [1.165, 1.54) is 19.2 Å². The van der Waals surface area contributed by atoms with E-state index in [1.54, 1.807) is 37.3 Å². The second-order valence-electron chi connectivity index (χ2n) is 6.97. The zero-order valence-electron chi connectivity index (χ0n) is 18.1. The summed E-state index contributed by atoms with van der Waals surface area (Å²) in [6, 6.07) is 15.4. The van der Waals surface area contributed by atoms with Gasteiger partial charge in [0, 0.05) is 6.54 Å². The fraction of sp³-hybridized carbons (Fsp3) is 0.182. The molecule has 0 atom stereocenters. The molecule has 0 aliphatic rings. The highest BCUT2D eigenvalue weighted by molar-refractivity contribution is 7.93. The Bertz CT molecular complexity index is 1380. The van der Waals surface area contributed by atoms with Gasteiger partial charge in [0.2, 0.25) is 0 Å². The summed E-state index contributed by atoms with van der Waals surface area (Å²) in [5, 5.41) is 0. The molecule has 1 N–H and O–H groups in total. The van der Waals surface area contributed by atoms with Crippen LogP contribution in [0.5, 0.6) is 5.75 Å². The topological polar surface area (TPSA) is 92.8 Å². The Morgan fingerprint density at radius 1 is 0.912 bits per heavy atom. The van der Waals surface area contributed by atoms with Gasteiger partial charge in [-0.3, -0.25) is 9.03 Å². The van der Waals surface area contributed by atoms with E-state index in [0.717, 1.165) is 28.6 Å². The van der Waals surface area contributed by atoms with Crippen molar-refractivity contribution < 1.29 is 34.7 Å². The first kappa shape index (κ1) is 25.4. The van der Waals surface area contributed by atoms with Gasteiger partial charge in [0.1, 0.15) is 5.75 Å². The zero-order valence-corrected chi connectivity index (χ0v) is 19.7. The first-order valence-corrected chi connectivity index (χ1v) is 12.8. The first-order chi connectivity index (χ1) is 15.9. The number of methoxy groups -OCH3 is 1. The number of hydrogen-bond donors (Lipinski definition) is 1. The van der Waals surface area contributed by atoms with Crippen LogP contribution in [0.25, 0.3) is 0 Å². The van der Waals surface area contributed by atoms with Crippen LogP contribution < -0.4 is 13.8 Å². The maximum Gasteiger partial charge on any atom is 0.417 e. The summed E-state index contributed by atoms with van der Waals surface area (Å²) in [7, 11) is -7.68. The van der Waals surface area contributed by atoms with E-state index in [-0.39, 0.29) is 22.9 Å². The average Bonchev–Trinajstić information content (AvgIpc) is 2.79. The predicted molar refractivity (Wildman–Crippen MR) is 122 cm³/mol. The van der Waals surface area contributed by atoms with Crippen molar-refractivity contribution in [3.8, 4) is 5.75 Å². The van der Waals surface area contributed by atoms with Crippen LogP contribution in [0.15, 0.2) is 82.6 Å². The molecule has 182 valence electrons. The third-order valence-electron chi connectivity index (χ3n) is 4.82. The van der Waals surface area contributed by atoms with Crippen molar-refractivity contribution >= 4 is 31.4 Å². The maximum absolute atomic E-state index is 13.4. The summed E-state index contributed by atoms with van der Waals surface area (Å²) in [4.78, 5) is -1.28. The minimum Gasteiger partial charge on any atom is -0.495 e. The summed E-state index contributed by atoms with van der Waals surface area (Å²) >= 11 is 0. The van der Waals surface area contributed by atoms with E-state index in [9.17, 15) is 30.0 Å². The molecule has 0 radical (unpaired) electrons. The molecule has 7 nitrogen and oxygen atoms in total. The van der Waals surface area contributed by atoms with Crippen molar-refractivity contribution in [2.75, 3.05) is 22.7 Å². The summed E-state index contributed by atoms with van der Waals surface area (Å²) in [6.07, 6.45) is -4.92. The Morgan fingerprint density at radius 2 is 1.53 bits per heavy atom. The molecule has 3 aromatic carbocycles. The van der Waals surface area contributed by atoms with Crippen molar-refractivity contribution in [3.05, 3.63) is 78.4 Å². The third-order valence-corrected chi connectivity index (χ3v) is 8.14. The summed E-state index contributed by atoms with van der Waals surface area (Å²) in [6.45, 7) is 1.71. The number of hydrogen-bond acceptors (Lipinski definition) is 5. The Balaban J connectivity index is 2.08. The van der Waals surface area contributed by atoms with Gasteiger partial charge in [-0.1, -0.05) is 30.3 Å².